The van der Waals surface area contributed by atoms with Gasteiger partial charge in [0.1, 0.15) is 5.75 Å². The number of carbonyl (C=O) groups excluding carboxylic acids is 1. The Balaban J connectivity index is 1.47. The number of nitrogens with one attached hydrogen (secondary N) is 1. The Morgan fingerprint density at radius 2 is 1.83 bits per heavy atom. The summed E-state index contributed by atoms with van der Waals surface area (Å²) in [5, 5.41) is 8.06. The number of aryl methyl sites for hydroxylation is 1. The molecule has 0 aliphatic heterocycles. The van der Waals surface area contributed by atoms with Crippen LogP contribution in [0.15, 0.2) is 24.3 Å². The van der Waals surface area contributed by atoms with Crippen molar-refractivity contribution in [2.75, 3.05) is 7.11 Å². The third-order valence-corrected chi connectivity index (χ3v) is 7.63. The number of benzene rings is 1. The lowest BCUT2D eigenvalue weighted by atomic mass is 9.53. The van der Waals surface area contributed by atoms with Gasteiger partial charge < -0.3 is 10.1 Å². The van der Waals surface area contributed by atoms with Gasteiger partial charge in [-0.25, -0.2) is 0 Å². The van der Waals surface area contributed by atoms with E-state index in [0.29, 0.717) is 24.3 Å². The smallest absolute Gasteiger partial charge is 0.224 e. The van der Waals surface area contributed by atoms with Gasteiger partial charge in [0.25, 0.3) is 0 Å². The minimum atomic E-state index is -0.110. The first-order valence-corrected chi connectivity index (χ1v) is 11.4. The van der Waals surface area contributed by atoms with Crippen LogP contribution < -0.4 is 10.1 Å². The van der Waals surface area contributed by atoms with E-state index >= 15 is 0 Å². The highest BCUT2D eigenvalue weighted by Crippen LogP contribution is 2.54. The molecule has 1 aromatic heterocycles. The van der Waals surface area contributed by atoms with Crippen LogP contribution in [0.25, 0.3) is 0 Å². The highest BCUT2D eigenvalue weighted by Gasteiger charge is 2.52. The van der Waals surface area contributed by atoms with E-state index in [-0.39, 0.29) is 17.9 Å². The molecule has 1 amide bonds. The van der Waals surface area contributed by atoms with E-state index in [4.69, 9.17) is 4.74 Å². The molecule has 30 heavy (non-hydrogen) atoms. The minimum absolute atomic E-state index is 0.110. The average molecular weight is 410 g/mol. The Bertz CT molecular complexity index is 902. The summed E-state index contributed by atoms with van der Waals surface area (Å²) in [6, 6.07) is 8.67. The number of hydrogen-bond acceptors (Lipinski definition) is 3. The van der Waals surface area contributed by atoms with Crippen LogP contribution in [0.4, 0.5) is 0 Å². The first kappa shape index (κ1) is 21.0. The molecule has 1 aromatic carbocycles. The van der Waals surface area contributed by atoms with Crippen LogP contribution in [-0.2, 0) is 11.3 Å². The molecule has 5 heteroatoms. The Morgan fingerprint density at radius 1 is 1.17 bits per heavy atom. The summed E-state index contributed by atoms with van der Waals surface area (Å²) >= 11 is 0. The Kier molecular flexibility index (Phi) is 5.90. The Labute approximate surface area is 180 Å². The van der Waals surface area contributed by atoms with Crippen molar-refractivity contribution in [1.29, 1.82) is 0 Å². The predicted octanol–water partition coefficient (Wildman–Crippen LogP) is 4.54. The van der Waals surface area contributed by atoms with Crippen molar-refractivity contribution in [3.63, 3.8) is 0 Å². The monoisotopic (exact) mass is 409 g/mol. The molecular formula is C25H35N3O2. The molecule has 5 nitrogen and oxygen atoms in total. The largest absolute Gasteiger partial charge is 0.497 e. The molecule has 0 bridgehead atoms. The van der Waals surface area contributed by atoms with Crippen LogP contribution in [0.1, 0.15) is 61.0 Å². The molecule has 3 unspecified atom stereocenters. The van der Waals surface area contributed by atoms with Crippen molar-refractivity contribution in [3.8, 4) is 5.75 Å². The molecule has 1 N–H and O–H groups in total. The van der Waals surface area contributed by atoms with Crippen LogP contribution in [0.3, 0.4) is 0 Å². The average Bonchev–Trinajstić information content (AvgIpc) is 2.99. The van der Waals surface area contributed by atoms with Crippen molar-refractivity contribution in [2.24, 2.45) is 17.8 Å². The molecule has 0 spiro atoms. The zero-order chi connectivity index (χ0) is 21.4. The Hall–Kier alpha value is -2.30. The molecule has 4 rings (SSSR count). The number of carbonyl (C=O) groups is 1. The lowest BCUT2D eigenvalue weighted by molar-refractivity contribution is -0.128. The van der Waals surface area contributed by atoms with Crippen LogP contribution in [0.5, 0.6) is 5.75 Å². The molecule has 2 fully saturated rings. The van der Waals surface area contributed by atoms with E-state index < -0.39 is 0 Å². The molecule has 2 aromatic rings. The van der Waals surface area contributed by atoms with E-state index in [0.717, 1.165) is 17.1 Å². The molecular weight excluding hydrogens is 374 g/mol. The number of amides is 1. The zero-order valence-corrected chi connectivity index (χ0v) is 18.9. The third kappa shape index (κ3) is 3.75. The van der Waals surface area contributed by atoms with Crippen molar-refractivity contribution >= 4 is 5.91 Å². The minimum Gasteiger partial charge on any atom is -0.497 e. The quantitative estimate of drug-likeness (QED) is 0.762. The lowest BCUT2D eigenvalue weighted by Gasteiger charge is -2.55. The first-order chi connectivity index (χ1) is 14.4. The Morgan fingerprint density at radius 3 is 2.43 bits per heavy atom. The van der Waals surface area contributed by atoms with E-state index in [9.17, 15) is 4.79 Å². The van der Waals surface area contributed by atoms with E-state index in [1.54, 1.807) is 7.11 Å². The van der Waals surface area contributed by atoms with Gasteiger partial charge in [-0.15, -0.1) is 0 Å². The standard InChI is InChI=1S/C25H35N3O2/c1-15(14-28-18(4)16(2)17(3)27-28)25(29)26-24-22-9-7-6-8-21(22)23(24)19-10-12-20(30-5)13-11-19/h10-13,15,21-24H,6-9,14H2,1-5H3,(H,26,29)/t15?,21?,22?,23-,24-/m0/s1. The van der Waals surface area contributed by atoms with Crippen molar-refractivity contribution < 1.29 is 9.53 Å². The predicted molar refractivity (Wildman–Crippen MR) is 119 cm³/mol. The van der Waals surface area contributed by atoms with Crippen molar-refractivity contribution in [1.82, 2.24) is 15.1 Å². The summed E-state index contributed by atoms with van der Waals surface area (Å²) in [6.45, 7) is 8.84. The summed E-state index contributed by atoms with van der Waals surface area (Å²) in [4.78, 5) is 13.1. The molecule has 1 heterocycles. The van der Waals surface area contributed by atoms with Crippen LogP contribution >= 0.6 is 0 Å². The molecule has 2 saturated carbocycles. The lowest BCUT2D eigenvalue weighted by Crippen LogP contribution is -2.60. The molecule has 5 atom stereocenters. The van der Waals surface area contributed by atoms with Gasteiger partial charge in [-0.05, 0) is 68.7 Å². The number of rotatable bonds is 6. The number of hydrogen-bond donors (Lipinski definition) is 1. The summed E-state index contributed by atoms with van der Waals surface area (Å²) in [7, 11) is 1.70. The van der Waals surface area contributed by atoms with Crippen LogP contribution in [0.2, 0.25) is 0 Å². The zero-order valence-electron chi connectivity index (χ0n) is 18.9. The van der Waals surface area contributed by atoms with Gasteiger partial charge in [0.2, 0.25) is 5.91 Å². The number of nitrogens with zero attached hydrogens (tertiary/aromatic N) is 2. The number of fused-ring (bicyclic) bond motifs is 1. The topological polar surface area (TPSA) is 56.1 Å². The van der Waals surface area contributed by atoms with Gasteiger partial charge in [0.05, 0.1) is 25.3 Å². The highest BCUT2D eigenvalue weighted by atomic mass is 16.5. The molecule has 162 valence electrons. The van der Waals surface area contributed by atoms with Gasteiger partial charge >= 0.3 is 0 Å². The van der Waals surface area contributed by atoms with Crippen LogP contribution in [0, 0.1) is 38.5 Å². The molecule has 0 saturated heterocycles. The van der Waals surface area contributed by atoms with E-state index in [1.165, 1.54) is 36.8 Å². The first-order valence-electron chi connectivity index (χ1n) is 11.4. The SMILES string of the molecule is COc1ccc([C@H]2C3CCCCC3[C@@H]2NC(=O)C(C)Cn2nc(C)c(C)c2C)cc1. The summed E-state index contributed by atoms with van der Waals surface area (Å²) in [5.41, 5.74) is 4.74. The van der Waals surface area contributed by atoms with Gasteiger partial charge in [-0.2, -0.15) is 5.10 Å². The second-order valence-corrected chi connectivity index (χ2v) is 9.32. The molecule has 0 radical (unpaired) electrons. The van der Waals surface area contributed by atoms with Gasteiger partial charge in [0, 0.05) is 17.7 Å². The highest BCUT2D eigenvalue weighted by molar-refractivity contribution is 5.79. The maximum atomic E-state index is 13.1. The fraction of sp³-hybridized carbons (Fsp3) is 0.600. The van der Waals surface area contributed by atoms with Crippen LogP contribution in [-0.4, -0.2) is 28.8 Å². The van der Waals surface area contributed by atoms with E-state index in [1.807, 2.05) is 30.7 Å². The molecule has 2 aliphatic carbocycles. The van der Waals surface area contributed by atoms with Crippen molar-refractivity contribution in [2.45, 2.75) is 71.9 Å². The second kappa shape index (κ2) is 8.44. The maximum Gasteiger partial charge on any atom is 0.224 e. The maximum absolute atomic E-state index is 13.1. The fourth-order valence-corrected chi connectivity index (χ4v) is 5.56. The van der Waals surface area contributed by atoms with Gasteiger partial charge in [-0.3, -0.25) is 9.48 Å². The summed E-state index contributed by atoms with van der Waals surface area (Å²) < 4.78 is 7.31. The number of methoxy groups -OCH3 is 1. The molecule has 2 aliphatic rings. The fourth-order valence-electron chi connectivity index (χ4n) is 5.56. The second-order valence-electron chi connectivity index (χ2n) is 9.32. The summed E-state index contributed by atoms with van der Waals surface area (Å²) in [5.74, 6) is 2.62. The normalized spacial score (nSPS) is 26.4. The third-order valence-electron chi connectivity index (χ3n) is 7.63. The number of aromatic nitrogens is 2. The van der Waals surface area contributed by atoms with Gasteiger partial charge in [0.15, 0.2) is 0 Å². The van der Waals surface area contributed by atoms with E-state index in [2.05, 4.69) is 36.4 Å². The summed E-state index contributed by atoms with van der Waals surface area (Å²) in [6.07, 6.45) is 5.09. The number of ether oxygens (including phenoxy) is 1. The van der Waals surface area contributed by atoms with Gasteiger partial charge in [-0.1, -0.05) is 31.9 Å². The van der Waals surface area contributed by atoms with Crippen molar-refractivity contribution in [3.05, 3.63) is 46.8 Å².